The molecule has 2 aromatic carbocycles. The summed E-state index contributed by atoms with van der Waals surface area (Å²) in [5.74, 6) is -0.364. The second-order valence-electron chi connectivity index (χ2n) is 5.74. The molecule has 5 heteroatoms. The van der Waals surface area contributed by atoms with Crippen LogP contribution in [0.5, 0.6) is 0 Å². The Morgan fingerprint density at radius 3 is 2.54 bits per heavy atom. The molecule has 0 aliphatic rings. The van der Waals surface area contributed by atoms with E-state index in [0.717, 1.165) is 21.3 Å². The zero-order chi connectivity index (χ0) is 17.9. The van der Waals surface area contributed by atoms with Crippen LogP contribution in [0.3, 0.4) is 0 Å². The minimum atomic E-state index is -0.364. The number of carbonyl (C=O) groups excluding carboxylic acids is 1. The van der Waals surface area contributed by atoms with Gasteiger partial charge in [0.25, 0.3) is 0 Å². The molecule has 0 N–H and O–H groups in total. The quantitative estimate of drug-likeness (QED) is 0.410. The maximum atomic E-state index is 12.7. The van der Waals surface area contributed by atoms with Gasteiger partial charge in [-0.1, -0.05) is 60.1 Å². The Morgan fingerprint density at radius 2 is 1.77 bits per heavy atom. The van der Waals surface area contributed by atoms with Crippen molar-refractivity contribution in [1.29, 1.82) is 0 Å². The lowest BCUT2D eigenvalue weighted by atomic mass is 10.1. The number of ether oxygens (including phenoxy) is 1. The van der Waals surface area contributed by atoms with Crippen LogP contribution in [0.1, 0.15) is 15.9 Å². The first-order valence-electron chi connectivity index (χ1n) is 8.07. The Bertz CT molecular complexity index is 1080. The summed E-state index contributed by atoms with van der Waals surface area (Å²) in [6.45, 7) is 0.233. The van der Waals surface area contributed by atoms with Gasteiger partial charge in [-0.05, 0) is 29.8 Å². The summed E-state index contributed by atoms with van der Waals surface area (Å²) in [5.41, 5.74) is 2.92. The Kier molecular flexibility index (Phi) is 4.69. The highest BCUT2D eigenvalue weighted by atomic mass is 35.5. The van der Waals surface area contributed by atoms with Crippen LogP contribution >= 0.6 is 22.9 Å². The smallest absolute Gasteiger partial charge is 0.339 e. The van der Waals surface area contributed by atoms with Gasteiger partial charge < -0.3 is 4.74 Å². The van der Waals surface area contributed by atoms with E-state index in [2.05, 4.69) is 4.98 Å². The fourth-order valence-electron chi connectivity index (χ4n) is 2.72. The molecule has 0 saturated carbocycles. The third-order valence-electron chi connectivity index (χ3n) is 3.97. The van der Waals surface area contributed by atoms with Crippen molar-refractivity contribution in [1.82, 2.24) is 4.98 Å². The molecule has 4 rings (SSSR count). The molecule has 0 spiro atoms. The van der Waals surface area contributed by atoms with E-state index in [-0.39, 0.29) is 12.6 Å². The zero-order valence-corrected chi connectivity index (χ0v) is 15.3. The number of rotatable bonds is 4. The van der Waals surface area contributed by atoms with Crippen LogP contribution in [0.2, 0.25) is 4.34 Å². The number of thiophene rings is 1. The second-order valence-corrected chi connectivity index (χ2v) is 7.45. The van der Waals surface area contributed by atoms with E-state index in [1.807, 2.05) is 66.7 Å². The molecule has 0 saturated heterocycles. The van der Waals surface area contributed by atoms with E-state index in [1.54, 1.807) is 6.07 Å². The van der Waals surface area contributed by atoms with Gasteiger partial charge in [0.1, 0.15) is 6.61 Å². The van der Waals surface area contributed by atoms with E-state index >= 15 is 0 Å². The molecule has 0 amide bonds. The SMILES string of the molecule is O=C(OCc1ccccc1)c1cc(-c2ccc(Cl)s2)nc2ccccc12. The number of nitrogens with zero attached hydrogens (tertiary/aromatic N) is 1. The normalized spacial score (nSPS) is 10.8. The number of benzene rings is 2. The molecule has 0 atom stereocenters. The minimum Gasteiger partial charge on any atom is -0.457 e. The molecule has 0 aliphatic carbocycles. The number of hydrogen-bond donors (Lipinski definition) is 0. The maximum absolute atomic E-state index is 12.7. The van der Waals surface area contributed by atoms with Crippen molar-refractivity contribution in [2.75, 3.05) is 0 Å². The van der Waals surface area contributed by atoms with Crippen LogP contribution in [0.25, 0.3) is 21.5 Å². The molecule has 2 aromatic heterocycles. The van der Waals surface area contributed by atoms with Gasteiger partial charge >= 0.3 is 5.97 Å². The van der Waals surface area contributed by atoms with Crippen molar-refractivity contribution in [2.24, 2.45) is 0 Å². The number of carbonyl (C=O) groups is 1. The monoisotopic (exact) mass is 379 g/mol. The number of fused-ring (bicyclic) bond motifs is 1. The molecule has 26 heavy (non-hydrogen) atoms. The van der Waals surface area contributed by atoms with E-state index in [4.69, 9.17) is 16.3 Å². The molecular weight excluding hydrogens is 366 g/mol. The van der Waals surface area contributed by atoms with Crippen LogP contribution in [0.4, 0.5) is 0 Å². The van der Waals surface area contributed by atoms with Crippen molar-refractivity contribution in [3.63, 3.8) is 0 Å². The van der Waals surface area contributed by atoms with Crippen molar-refractivity contribution < 1.29 is 9.53 Å². The van der Waals surface area contributed by atoms with Gasteiger partial charge in [-0.25, -0.2) is 9.78 Å². The summed E-state index contributed by atoms with van der Waals surface area (Å²) in [5, 5.41) is 0.775. The third-order valence-corrected chi connectivity index (χ3v) is 5.23. The molecule has 3 nitrogen and oxygen atoms in total. The number of hydrogen-bond acceptors (Lipinski definition) is 4. The first-order chi connectivity index (χ1) is 12.7. The van der Waals surface area contributed by atoms with Gasteiger partial charge in [0.05, 0.1) is 26.0 Å². The lowest BCUT2D eigenvalue weighted by molar-refractivity contribution is 0.0475. The number of para-hydroxylation sites is 1. The first kappa shape index (κ1) is 16.8. The van der Waals surface area contributed by atoms with Crippen molar-refractivity contribution in [2.45, 2.75) is 6.61 Å². The second kappa shape index (κ2) is 7.28. The summed E-state index contributed by atoms with van der Waals surface area (Å²) in [7, 11) is 0. The Balaban J connectivity index is 1.71. The number of pyridine rings is 1. The molecule has 0 bridgehead atoms. The van der Waals surface area contributed by atoms with Crippen LogP contribution < -0.4 is 0 Å². The highest BCUT2D eigenvalue weighted by Crippen LogP contribution is 2.32. The average Bonchev–Trinajstić information content (AvgIpc) is 3.12. The first-order valence-corrected chi connectivity index (χ1v) is 9.27. The maximum Gasteiger partial charge on any atom is 0.339 e. The molecule has 128 valence electrons. The Labute approximate surface area is 159 Å². The van der Waals surface area contributed by atoms with Crippen LogP contribution in [0.15, 0.2) is 72.8 Å². The van der Waals surface area contributed by atoms with Crippen LogP contribution in [-0.4, -0.2) is 11.0 Å². The standard InChI is InChI=1S/C21H14ClNO2S/c22-20-11-10-19(26-20)18-12-16(15-8-4-5-9-17(15)23-18)21(24)25-13-14-6-2-1-3-7-14/h1-12H,13H2. The lowest BCUT2D eigenvalue weighted by Crippen LogP contribution is -2.07. The number of aromatic nitrogens is 1. The molecule has 0 unspecified atom stereocenters. The Hall–Kier alpha value is -2.69. The van der Waals surface area contributed by atoms with Gasteiger partial charge in [-0.15, -0.1) is 11.3 Å². The predicted octanol–water partition coefficient (Wildman–Crippen LogP) is 5.97. The highest BCUT2D eigenvalue weighted by Gasteiger charge is 2.16. The molecular formula is C21H14ClNO2S. The van der Waals surface area contributed by atoms with Gasteiger partial charge in [0.15, 0.2) is 0 Å². The summed E-state index contributed by atoms with van der Waals surface area (Å²) < 4.78 is 6.21. The van der Waals surface area contributed by atoms with E-state index in [9.17, 15) is 4.79 Å². The summed E-state index contributed by atoms with van der Waals surface area (Å²) in [6, 6.07) is 22.7. The molecule has 0 aliphatic heterocycles. The van der Waals surface area contributed by atoms with Gasteiger partial charge in [-0.2, -0.15) is 0 Å². The molecule has 0 radical (unpaired) electrons. The largest absolute Gasteiger partial charge is 0.457 e. The predicted molar refractivity (Wildman–Crippen MR) is 106 cm³/mol. The van der Waals surface area contributed by atoms with Gasteiger partial charge in [0.2, 0.25) is 0 Å². The van der Waals surface area contributed by atoms with Crippen molar-refractivity contribution in [3.8, 4) is 10.6 Å². The van der Waals surface area contributed by atoms with Crippen LogP contribution in [-0.2, 0) is 11.3 Å². The fourth-order valence-corrected chi connectivity index (χ4v) is 3.73. The summed E-state index contributed by atoms with van der Waals surface area (Å²) >= 11 is 7.48. The van der Waals surface area contributed by atoms with E-state index < -0.39 is 0 Å². The number of esters is 1. The van der Waals surface area contributed by atoms with Gasteiger partial charge in [0, 0.05) is 5.39 Å². The fraction of sp³-hybridized carbons (Fsp3) is 0.0476. The molecule has 0 fully saturated rings. The minimum absolute atomic E-state index is 0.233. The zero-order valence-electron chi connectivity index (χ0n) is 13.7. The topological polar surface area (TPSA) is 39.2 Å². The third kappa shape index (κ3) is 3.47. The highest BCUT2D eigenvalue weighted by molar-refractivity contribution is 7.19. The molecule has 4 aromatic rings. The lowest BCUT2D eigenvalue weighted by Gasteiger charge is -2.09. The molecule has 2 heterocycles. The van der Waals surface area contributed by atoms with Gasteiger partial charge in [-0.3, -0.25) is 0 Å². The van der Waals surface area contributed by atoms with E-state index in [0.29, 0.717) is 15.6 Å². The van der Waals surface area contributed by atoms with Crippen molar-refractivity contribution in [3.05, 3.63) is 88.3 Å². The van der Waals surface area contributed by atoms with Crippen molar-refractivity contribution >= 4 is 39.8 Å². The summed E-state index contributed by atoms with van der Waals surface area (Å²) in [6.07, 6.45) is 0. The average molecular weight is 380 g/mol. The number of halogens is 1. The van der Waals surface area contributed by atoms with E-state index in [1.165, 1.54) is 11.3 Å². The summed E-state index contributed by atoms with van der Waals surface area (Å²) in [4.78, 5) is 18.3. The Morgan fingerprint density at radius 1 is 1.00 bits per heavy atom. The van der Waals surface area contributed by atoms with Crippen LogP contribution in [0, 0.1) is 0 Å².